The van der Waals surface area contributed by atoms with Crippen LogP contribution in [-0.4, -0.2) is 41.7 Å². The predicted octanol–water partition coefficient (Wildman–Crippen LogP) is 4.01. The Hall–Kier alpha value is -2.74. The Morgan fingerprint density at radius 1 is 1.19 bits per heavy atom. The zero-order chi connectivity index (χ0) is 22.6. The van der Waals surface area contributed by atoms with Crippen molar-refractivity contribution >= 4 is 39.0 Å². The van der Waals surface area contributed by atoms with Gasteiger partial charge in [-0.2, -0.15) is 0 Å². The largest absolute Gasteiger partial charge is 0.479 e. The van der Waals surface area contributed by atoms with E-state index in [1.54, 1.807) is 6.92 Å². The molecule has 0 bridgehead atoms. The van der Waals surface area contributed by atoms with Crippen LogP contribution in [0.3, 0.4) is 0 Å². The lowest BCUT2D eigenvalue weighted by atomic mass is 9.90. The molecule has 1 fully saturated rings. The van der Waals surface area contributed by atoms with Gasteiger partial charge in [0.15, 0.2) is 0 Å². The summed E-state index contributed by atoms with van der Waals surface area (Å²) in [6, 6.07) is 18.0. The number of benzene rings is 2. The molecule has 1 amide bonds. The summed E-state index contributed by atoms with van der Waals surface area (Å²) in [5.74, 6) is -1.22. The highest BCUT2D eigenvalue weighted by molar-refractivity contribution is 7.14. The number of anilines is 1. The van der Waals surface area contributed by atoms with Crippen molar-refractivity contribution in [3.63, 3.8) is 0 Å². The Morgan fingerprint density at radius 2 is 2.00 bits per heavy atom. The molecule has 3 aromatic rings. The molecule has 7 heteroatoms. The second kappa shape index (κ2) is 9.81. The zero-order valence-electron chi connectivity index (χ0n) is 18.2. The van der Waals surface area contributed by atoms with E-state index in [0.29, 0.717) is 18.0 Å². The fraction of sp³-hybridized carbons (Fsp3) is 0.360. The van der Waals surface area contributed by atoms with Gasteiger partial charge in [0.1, 0.15) is 5.54 Å². The van der Waals surface area contributed by atoms with E-state index in [-0.39, 0.29) is 18.5 Å². The highest BCUT2D eigenvalue weighted by atomic mass is 32.1. The number of thiophene rings is 1. The highest BCUT2D eigenvalue weighted by Gasteiger charge is 2.45. The van der Waals surface area contributed by atoms with E-state index < -0.39 is 11.5 Å². The van der Waals surface area contributed by atoms with Crippen molar-refractivity contribution in [2.45, 2.75) is 44.3 Å². The van der Waals surface area contributed by atoms with E-state index in [4.69, 9.17) is 0 Å². The molecule has 3 N–H and O–H groups in total. The summed E-state index contributed by atoms with van der Waals surface area (Å²) in [6.07, 6.45) is 2.32. The van der Waals surface area contributed by atoms with Gasteiger partial charge in [0.2, 0.25) is 5.91 Å². The lowest BCUT2D eigenvalue weighted by molar-refractivity contribution is -0.145. The lowest BCUT2D eigenvalue weighted by Crippen LogP contribution is -2.59. The second-order valence-corrected chi connectivity index (χ2v) is 9.42. The normalized spacial score (nSPS) is 17.8. The summed E-state index contributed by atoms with van der Waals surface area (Å²) in [5.41, 5.74) is -0.222. The van der Waals surface area contributed by atoms with E-state index in [9.17, 15) is 14.7 Å². The first kappa shape index (κ1) is 22.5. The van der Waals surface area contributed by atoms with Crippen LogP contribution in [-0.2, 0) is 16.1 Å². The van der Waals surface area contributed by atoms with Crippen LogP contribution in [0.15, 0.2) is 60.0 Å². The minimum atomic E-state index is -1.33. The van der Waals surface area contributed by atoms with E-state index in [2.05, 4.69) is 28.8 Å². The number of nitrogens with zero attached hydrogens (tertiary/aromatic N) is 1. The number of hydrogen-bond donors (Lipinski definition) is 3. The maximum Gasteiger partial charge on any atom is 0.329 e. The molecule has 32 heavy (non-hydrogen) atoms. The average Bonchev–Trinajstić information content (AvgIpc) is 3.48. The Kier molecular flexibility index (Phi) is 6.89. The number of carboxylic acid groups (broad SMARTS) is 1. The van der Waals surface area contributed by atoms with Crippen LogP contribution in [0.1, 0.15) is 31.7 Å². The van der Waals surface area contributed by atoms with Gasteiger partial charge >= 0.3 is 5.97 Å². The van der Waals surface area contributed by atoms with Crippen molar-refractivity contribution in [3.8, 4) is 0 Å². The first-order chi connectivity index (χ1) is 15.5. The summed E-state index contributed by atoms with van der Waals surface area (Å²) in [5, 5.41) is 21.6. The van der Waals surface area contributed by atoms with Gasteiger partial charge in [-0.3, -0.25) is 9.69 Å². The van der Waals surface area contributed by atoms with Crippen LogP contribution in [0.4, 0.5) is 5.00 Å². The van der Waals surface area contributed by atoms with Crippen LogP contribution in [0.25, 0.3) is 10.8 Å². The number of nitrogens with one attached hydrogen (secondary N) is 2. The van der Waals surface area contributed by atoms with Crippen LogP contribution < -0.4 is 15.5 Å². The fourth-order valence-electron chi connectivity index (χ4n) is 4.55. The first-order valence-corrected chi connectivity index (χ1v) is 11.9. The molecule has 0 spiro atoms. The molecule has 0 radical (unpaired) electrons. The van der Waals surface area contributed by atoms with Gasteiger partial charge in [-0.1, -0.05) is 42.5 Å². The van der Waals surface area contributed by atoms with E-state index in [0.717, 1.165) is 35.7 Å². The van der Waals surface area contributed by atoms with Gasteiger partial charge in [-0.25, -0.2) is 4.79 Å². The Morgan fingerprint density at radius 3 is 2.72 bits per heavy atom. The SMILES string of the molecule is C[C@](CC1CCCN1)(C(=O)O)N(C(=O)CNCc1cccc2ccccc12)c1cccs1. The molecule has 0 saturated carbocycles. The summed E-state index contributed by atoms with van der Waals surface area (Å²) >= 11 is 1.39. The monoisotopic (exact) mass is 451 g/mol. The molecule has 1 saturated heterocycles. The molecule has 2 atom stereocenters. The van der Waals surface area contributed by atoms with Crippen LogP contribution >= 0.6 is 11.3 Å². The number of aliphatic carboxylic acids is 1. The van der Waals surface area contributed by atoms with Crippen molar-refractivity contribution in [1.29, 1.82) is 0 Å². The van der Waals surface area contributed by atoms with Crippen molar-refractivity contribution in [3.05, 3.63) is 65.5 Å². The standard InChI is InChI=1S/C25H29N3O3S/c1-25(24(30)31,15-20-10-5-13-27-20)28(23-12-6-14-32-23)22(29)17-26-16-19-9-4-8-18-7-2-3-11-21(18)19/h2-4,6-9,11-12,14,20,26-27H,5,10,13,15-17H2,1H3,(H,30,31)/t20?,25-/m0/s1. The number of rotatable bonds is 9. The van der Waals surface area contributed by atoms with Gasteiger partial charge in [0.05, 0.1) is 11.5 Å². The van der Waals surface area contributed by atoms with E-state index in [1.165, 1.54) is 16.2 Å². The minimum absolute atomic E-state index is 0.0576. The minimum Gasteiger partial charge on any atom is -0.479 e. The molecule has 1 aliphatic rings. The maximum absolute atomic E-state index is 13.4. The Bertz CT molecular complexity index is 1070. The fourth-order valence-corrected chi connectivity index (χ4v) is 5.42. The number of carboxylic acids is 1. The van der Waals surface area contributed by atoms with E-state index in [1.807, 2.05) is 41.8 Å². The van der Waals surface area contributed by atoms with Crippen LogP contribution in [0.5, 0.6) is 0 Å². The van der Waals surface area contributed by atoms with Gasteiger partial charge in [0.25, 0.3) is 0 Å². The summed E-state index contributed by atoms with van der Waals surface area (Å²) in [7, 11) is 0. The first-order valence-electron chi connectivity index (χ1n) is 11.0. The van der Waals surface area contributed by atoms with Gasteiger partial charge < -0.3 is 15.7 Å². The van der Waals surface area contributed by atoms with Crippen molar-refractivity contribution in [2.24, 2.45) is 0 Å². The molecule has 6 nitrogen and oxygen atoms in total. The molecule has 2 heterocycles. The highest BCUT2D eigenvalue weighted by Crippen LogP contribution is 2.33. The molecule has 1 unspecified atom stereocenters. The van der Waals surface area contributed by atoms with Crippen LogP contribution in [0, 0.1) is 0 Å². The third-order valence-corrected chi connectivity index (χ3v) is 7.06. The quantitative estimate of drug-likeness (QED) is 0.458. The third-order valence-electron chi connectivity index (χ3n) is 6.21. The molecule has 1 aliphatic heterocycles. The second-order valence-electron chi connectivity index (χ2n) is 8.50. The van der Waals surface area contributed by atoms with Crippen LogP contribution in [0.2, 0.25) is 0 Å². The predicted molar refractivity (Wildman–Crippen MR) is 129 cm³/mol. The maximum atomic E-state index is 13.4. The van der Waals surface area contributed by atoms with Crippen molar-refractivity contribution in [2.75, 3.05) is 18.0 Å². The van der Waals surface area contributed by atoms with Gasteiger partial charge in [-0.15, -0.1) is 11.3 Å². The topological polar surface area (TPSA) is 81.7 Å². The number of fused-ring (bicyclic) bond motifs is 1. The summed E-state index contributed by atoms with van der Waals surface area (Å²) in [4.78, 5) is 27.3. The molecule has 168 valence electrons. The number of carbonyl (C=O) groups excluding carboxylic acids is 1. The average molecular weight is 452 g/mol. The lowest BCUT2D eigenvalue weighted by Gasteiger charge is -2.38. The summed E-state index contributed by atoms with van der Waals surface area (Å²) < 4.78 is 0. The Balaban J connectivity index is 1.52. The number of hydrogen-bond acceptors (Lipinski definition) is 5. The smallest absolute Gasteiger partial charge is 0.329 e. The number of carbonyl (C=O) groups is 2. The molecule has 0 aliphatic carbocycles. The van der Waals surface area contributed by atoms with Crippen molar-refractivity contribution < 1.29 is 14.7 Å². The third kappa shape index (κ3) is 4.70. The molecule has 1 aromatic heterocycles. The van der Waals surface area contributed by atoms with Gasteiger partial charge in [0, 0.05) is 12.6 Å². The molecular weight excluding hydrogens is 422 g/mol. The molecular formula is C25H29N3O3S. The Labute approximate surface area is 192 Å². The zero-order valence-corrected chi connectivity index (χ0v) is 19.0. The molecule has 4 rings (SSSR count). The number of amides is 1. The van der Waals surface area contributed by atoms with Crippen molar-refractivity contribution in [1.82, 2.24) is 10.6 Å². The van der Waals surface area contributed by atoms with E-state index >= 15 is 0 Å². The van der Waals surface area contributed by atoms with Gasteiger partial charge in [-0.05, 0) is 66.6 Å². The summed E-state index contributed by atoms with van der Waals surface area (Å²) in [6.45, 7) is 3.14. The molecule has 2 aromatic carbocycles.